The van der Waals surface area contributed by atoms with Gasteiger partial charge in [0.25, 0.3) is 0 Å². The maximum atomic E-state index is 12.8. The summed E-state index contributed by atoms with van der Waals surface area (Å²) < 4.78 is 43.1. The number of urea groups is 1. The van der Waals surface area contributed by atoms with E-state index in [2.05, 4.69) is 15.8 Å². The van der Waals surface area contributed by atoms with E-state index in [1.807, 2.05) is 0 Å². The van der Waals surface area contributed by atoms with Crippen LogP contribution in [0.4, 0.5) is 35.2 Å². The number of carbonyl (C=O) groups is 3. The van der Waals surface area contributed by atoms with Gasteiger partial charge in [0.05, 0.1) is 23.7 Å². The number of benzene rings is 2. The predicted molar refractivity (Wildman–Crippen MR) is 177 cm³/mol. The molecule has 1 aliphatic rings. The summed E-state index contributed by atoms with van der Waals surface area (Å²) in [6.45, 7) is 4.72. The van der Waals surface area contributed by atoms with Gasteiger partial charge in [-0.3, -0.25) is 19.8 Å². The zero-order valence-electron chi connectivity index (χ0n) is 27.0. The number of nitro groups is 1. The lowest BCUT2D eigenvalue weighted by Crippen LogP contribution is -2.64. The van der Waals surface area contributed by atoms with E-state index in [0.717, 1.165) is 22.9 Å². The highest BCUT2D eigenvalue weighted by atomic mass is 35.5. The van der Waals surface area contributed by atoms with Crippen molar-refractivity contribution in [2.75, 3.05) is 30.9 Å². The maximum Gasteiger partial charge on any atom is 0.433 e. The van der Waals surface area contributed by atoms with Crippen molar-refractivity contribution in [3.8, 4) is 0 Å². The second-order valence-corrected chi connectivity index (χ2v) is 11.0. The van der Waals surface area contributed by atoms with Crippen LogP contribution in [0.25, 0.3) is 6.08 Å². The van der Waals surface area contributed by atoms with Crippen molar-refractivity contribution in [2.24, 2.45) is 5.10 Å². The number of allylic oxidation sites excluding steroid dienone is 1. The van der Waals surface area contributed by atoms with Gasteiger partial charge in [-0.1, -0.05) is 11.6 Å². The molecule has 0 spiro atoms. The molecule has 3 N–H and O–H groups in total. The van der Waals surface area contributed by atoms with Crippen LogP contribution in [0.3, 0.4) is 0 Å². The van der Waals surface area contributed by atoms with Crippen molar-refractivity contribution >= 4 is 59.9 Å². The average molecular weight is 710 g/mol. The fourth-order valence-corrected chi connectivity index (χ4v) is 4.68. The first-order valence-corrected chi connectivity index (χ1v) is 14.5. The van der Waals surface area contributed by atoms with Crippen LogP contribution in [0.5, 0.6) is 0 Å². The second-order valence-electron chi connectivity index (χ2n) is 10.6. The molecule has 2 aromatic carbocycles. The van der Waals surface area contributed by atoms with Crippen LogP contribution >= 0.6 is 11.6 Å². The number of furan rings is 1. The van der Waals surface area contributed by atoms with Crippen molar-refractivity contribution < 1.29 is 42.1 Å². The lowest BCUT2D eigenvalue weighted by atomic mass is 9.87. The van der Waals surface area contributed by atoms with Crippen LogP contribution in [0.1, 0.15) is 32.1 Å². The van der Waals surface area contributed by atoms with Gasteiger partial charge in [0.2, 0.25) is 6.41 Å². The van der Waals surface area contributed by atoms with Gasteiger partial charge < -0.3 is 30.1 Å². The molecule has 2 heterocycles. The lowest BCUT2D eigenvalue weighted by Gasteiger charge is -2.46. The molecule has 0 radical (unpaired) electrons. The van der Waals surface area contributed by atoms with Crippen LogP contribution in [0, 0.1) is 10.1 Å². The molecule has 1 fully saturated rings. The fourth-order valence-electron chi connectivity index (χ4n) is 4.56. The topological polar surface area (TPSA) is 174 Å². The fraction of sp³-hybridized carbons (Fsp3) is 0.290. The predicted octanol–water partition coefficient (Wildman–Crippen LogP) is 6.28. The van der Waals surface area contributed by atoms with E-state index in [0.29, 0.717) is 23.5 Å². The number of hydroxylamine groups is 2. The molecule has 1 aromatic heterocycles. The monoisotopic (exact) mass is 709 g/mol. The van der Waals surface area contributed by atoms with Crippen LogP contribution < -0.4 is 15.6 Å². The third-order valence-corrected chi connectivity index (χ3v) is 7.70. The third kappa shape index (κ3) is 9.88. The van der Waals surface area contributed by atoms with Crippen molar-refractivity contribution in [1.82, 2.24) is 15.4 Å². The number of anilines is 2. The number of hydrogen-bond donors (Lipinski definition) is 3. The van der Waals surface area contributed by atoms with E-state index in [1.165, 1.54) is 47.3 Å². The van der Waals surface area contributed by atoms with Crippen LogP contribution in [0.15, 0.2) is 76.3 Å². The number of carbonyl (C=O) groups excluding carboxylic acids is 3. The Balaban J connectivity index is 0.000000290. The van der Waals surface area contributed by atoms with Crippen LogP contribution in [0.2, 0.25) is 5.02 Å². The quantitative estimate of drug-likeness (QED) is 0.0948. The molecule has 264 valence electrons. The Morgan fingerprint density at radius 2 is 1.69 bits per heavy atom. The molecular formula is C31H35ClF3N7O7. The molecular weight excluding hydrogens is 675 g/mol. The van der Waals surface area contributed by atoms with E-state index >= 15 is 0 Å². The molecule has 4 rings (SSSR count). The van der Waals surface area contributed by atoms with Gasteiger partial charge >= 0.3 is 18.1 Å². The van der Waals surface area contributed by atoms with Gasteiger partial charge in [-0.25, -0.2) is 4.79 Å². The minimum atomic E-state index is -4.49. The van der Waals surface area contributed by atoms with Gasteiger partial charge in [-0.2, -0.15) is 23.3 Å². The summed E-state index contributed by atoms with van der Waals surface area (Å²) in [5.41, 5.74) is 0.332. The molecule has 49 heavy (non-hydrogen) atoms. The molecule has 0 bridgehead atoms. The molecule has 0 saturated carbocycles. The van der Waals surface area contributed by atoms with E-state index in [4.69, 9.17) is 16.0 Å². The number of hydrogen-bond acceptors (Lipinski definition) is 10. The van der Waals surface area contributed by atoms with Gasteiger partial charge in [-0.15, -0.1) is 0 Å². The molecule has 1 saturated heterocycles. The third-order valence-electron chi connectivity index (χ3n) is 7.44. The summed E-state index contributed by atoms with van der Waals surface area (Å²) in [5.74, 6) is 0.148. The van der Waals surface area contributed by atoms with Crippen molar-refractivity contribution in [1.29, 1.82) is 0 Å². The first-order chi connectivity index (χ1) is 22.9. The highest BCUT2D eigenvalue weighted by Crippen LogP contribution is 2.45. The SMILES string of the molecule is CN(O)C1(C)N(c2ccc(C(F)(F)F)cc2)C(=O)N(CC=O)C1(C)C.CN/N=C/C=C/c1ccc([N+](=O)[O-])o1.O=CNc1ccc(Cl)cc1. The van der Waals surface area contributed by atoms with Gasteiger partial charge in [0.15, 0.2) is 0 Å². The molecule has 1 atom stereocenters. The molecule has 3 amide bonds. The average Bonchev–Trinajstić information content (AvgIpc) is 3.58. The lowest BCUT2D eigenvalue weighted by molar-refractivity contribution is -0.402. The van der Waals surface area contributed by atoms with E-state index < -0.39 is 33.9 Å². The number of likely N-dealkylation sites (N-methyl/N-ethyl adjacent to an activating group) is 1. The van der Waals surface area contributed by atoms with Crippen LogP contribution in [-0.4, -0.2) is 76.9 Å². The molecule has 14 nitrogen and oxygen atoms in total. The molecule has 3 aromatic rings. The Bertz CT molecular complexity index is 1630. The van der Waals surface area contributed by atoms with E-state index in [-0.39, 0.29) is 18.1 Å². The zero-order chi connectivity index (χ0) is 37.0. The van der Waals surface area contributed by atoms with Crippen LogP contribution in [-0.2, 0) is 15.8 Å². The molecule has 18 heteroatoms. The van der Waals surface area contributed by atoms with Crippen molar-refractivity contribution in [2.45, 2.75) is 38.1 Å². The summed E-state index contributed by atoms with van der Waals surface area (Å²) in [5, 5.41) is 28.1. The molecule has 1 unspecified atom stereocenters. The summed E-state index contributed by atoms with van der Waals surface area (Å²) in [6, 6.07) is 13.2. The Kier molecular flexibility index (Phi) is 14.0. The Morgan fingerprint density at radius 3 is 2.16 bits per heavy atom. The normalized spacial score (nSPS) is 17.0. The van der Waals surface area contributed by atoms with E-state index in [1.54, 1.807) is 64.2 Å². The Labute approximate surface area is 284 Å². The first kappa shape index (κ1) is 39.9. The highest BCUT2D eigenvalue weighted by Gasteiger charge is 2.62. The van der Waals surface area contributed by atoms with Gasteiger partial charge in [-0.05, 0) is 87.5 Å². The van der Waals surface area contributed by atoms with Gasteiger partial charge in [0.1, 0.15) is 22.6 Å². The summed E-state index contributed by atoms with van der Waals surface area (Å²) in [6.07, 6.45) is 1.39. The van der Waals surface area contributed by atoms with Crippen molar-refractivity contribution in [3.05, 3.63) is 93.2 Å². The number of rotatable bonds is 10. The number of amides is 3. The number of nitrogens with zero attached hydrogens (tertiary/aromatic N) is 5. The minimum Gasteiger partial charge on any atom is -0.401 e. The first-order valence-electron chi connectivity index (χ1n) is 14.2. The number of alkyl halides is 3. The summed E-state index contributed by atoms with van der Waals surface area (Å²) in [4.78, 5) is 45.8. The highest BCUT2D eigenvalue weighted by molar-refractivity contribution is 6.30. The zero-order valence-corrected chi connectivity index (χ0v) is 27.8. The molecule has 0 aliphatic carbocycles. The number of hydrazone groups is 1. The number of aldehydes is 1. The summed E-state index contributed by atoms with van der Waals surface area (Å²) >= 11 is 5.60. The smallest absolute Gasteiger partial charge is 0.401 e. The van der Waals surface area contributed by atoms with E-state index in [9.17, 15) is 42.9 Å². The van der Waals surface area contributed by atoms with Gasteiger partial charge in [0, 0.05) is 36.7 Å². The second kappa shape index (κ2) is 17.2. The largest absolute Gasteiger partial charge is 0.433 e. The Hall–Kier alpha value is -5.26. The number of nitrogens with one attached hydrogen (secondary N) is 2. The minimum absolute atomic E-state index is 0.183. The Morgan fingerprint density at radius 1 is 1.08 bits per heavy atom. The standard InChI is InChI=1S/C16H20F3N3O3.C8H9N3O3.C7H6ClNO/c1-14(2)15(3,20(4)25)22(13(24)21(14)9-10-23)12-7-5-11(6-8-12)16(17,18)19;1-9-10-6-2-3-7-4-5-8(14-7)11(12)13;8-6-1-3-7(4-2-6)9-5-10/h5-8,10,25H,9H2,1-4H3;2-6,9H,1H3;1-5H,(H,9,10)/b;3-2+,10-6+;. The number of halogens is 4. The van der Waals surface area contributed by atoms with Crippen molar-refractivity contribution in [3.63, 3.8) is 0 Å². The summed E-state index contributed by atoms with van der Waals surface area (Å²) in [7, 11) is 3.01. The maximum absolute atomic E-state index is 12.8. The molecule has 1 aliphatic heterocycles.